The Morgan fingerprint density at radius 1 is 1.16 bits per heavy atom. The Balaban J connectivity index is 3.87. The topological polar surface area (TPSA) is 64.6 Å². The maximum Gasteiger partial charge on any atom is 0.236 e. The van der Waals surface area contributed by atoms with Gasteiger partial charge in [-0.05, 0) is 25.9 Å². The number of nitrogens with one attached hydrogen (secondary N) is 2. The molecule has 0 bridgehead atoms. The smallest absolute Gasteiger partial charge is 0.236 e. The summed E-state index contributed by atoms with van der Waals surface area (Å²) >= 11 is 0. The number of carbonyl (C=O) groups excluding carboxylic acids is 1. The van der Waals surface area contributed by atoms with E-state index in [0.29, 0.717) is 25.6 Å². The summed E-state index contributed by atoms with van der Waals surface area (Å²) in [6, 6.07) is -0.273. The third-order valence-electron chi connectivity index (χ3n) is 3.10. The van der Waals surface area contributed by atoms with Gasteiger partial charge in [-0.25, -0.2) is 0 Å². The molecular weight excluding hydrogens is 242 g/mol. The van der Waals surface area contributed by atoms with Crippen molar-refractivity contribution in [3.63, 3.8) is 0 Å². The highest BCUT2D eigenvalue weighted by molar-refractivity contribution is 5.81. The fraction of sp³-hybridized carbons (Fsp3) is 0.929. The highest BCUT2D eigenvalue weighted by Crippen LogP contribution is 1.93. The largest absolute Gasteiger partial charge is 0.390 e. The van der Waals surface area contributed by atoms with Crippen LogP contribution in [0, 0.1) is 5.92 Å². The molecule has 1 amide bonds. The number of likely N-dealkylation sites (N-methyl/N-ethyl adjacent to an activating group) is 1. The van der Waals surface area contributed by atoms with Gasteiger partial charge in [0.05, 0.1) is 12.1 Å². The van der Waals surface area contributed by atoms with E-state index in [1.807, 2.05) is 6.92 Å². The lowest BCUT2D eigenvalue weighted by molar-refractivity contribution is -0.123. The molecule has 0 saturated carbocycles. The van der Waals surface area contributed by atoms with E-state index in [1.54, 1.807) is 0 Å². The maximum atomic E-state index is 11.7. The molecule has 2 unspecified atom stereocenters. The Bertz CT molecular complexity index is 243. The minimum absolute atomic E-state index is 0.0104. The molecule has 114 valence electrons. The van der Waals surface area contributed by atoms with Gasteiger partial charge in [-0.3, -0.25) is 4.79 Å². The van der Waals surface area contributed by atoms with Gasteiger partial charge >= 0.3 is 0 Å². The SMILES string of the molecule is CCN(CC)CC(O)CNC(C)C(=O)NCC(C)C. The Hall–Kier alpha value is -0.650. The monoisotopic (exact) mass is 273 g/mol. The van der Waals surface area contributed by atoms with Crippen LogP contribution < -0.4 is 10.6 Å². The van der Waals surface area contributed by atoms with E-state index >= 15 is 0 Å². The molecule has 2 atom stereocenters. The molecular formula is C14H31N3O2. The zero-order chi connectivity index (χ0) is 14.8. The molecule has 0 rings (SSSR count). The number of nitrogens with zero attached hydrogens (tertiary/aromatic N) is 1. The number of aliphatic hydroxyl groups is 1. The van der Waals surface area contributed by atoms with Crippen LogP contribution in [0.4, 0.5) is 0 Å². The number of aliphatic hydroxyl groups excluding tert-OH is 1. The summed E-state index contributed by atoms with van der Waals surface area (Å²) in [7, 11) is 0. The van der Waals surface area contributed by atoms with Crippen LogP contribution in [0.25, 0.3) is 0 Å². The van der Waals surface area contributed by atoms with Gasteiger partial charge < -0.3 is 20.6 Å². The van der Waals surface area contributed by atoms with Crippen LogP contribution in [0.15, 0.2) is 0 Å². The molecule has 0 fully saturated rings. The standard InChI is InChI=1S/C14H31N3O2/c1-6-17(7-2)10-13(18)9-15-12(5)14(19)16-8-11(3)4/h11-13,15,18H,6-10H2,1-5H3,(H,16,19). The molecule has 5 nitrogen and oxygen atoms in total. The predicted molar refractivity (Wildman–Crippen MR) is 79.1 cm³/mol. The van der Waals surface area contributed by atoms with Crippen LogP contribution in [0.2, 0.25) is 0 Å². The summed E-state index contributed by atoms with van der Waals surface area (Å²) in [5.41, 5.74) is 0. The molecule has 0 spiro atoms. The predicted octanol–water partition coefficient (Wildman–Crippen LogP) is 0.439. The van der Waals surface area contributed by atoms with Gasteiger partial charge in [0, 0.05) is 19.6 Å². The fourth-order valence-electron chi connectivity index (χ4n) is 1.71. The van der Waals surface area contributed by atoms with E-state index in [1.165, 1.54) is 0 Å². The second-order valence-corrected chi connectivity index (χ2v) is 5.41. The normalized spacial score (nSPS) is 14.7. The third-order valence-corrected chi connectivity index (χ3v) is 3.10. The summed E-state index contributed by atoms with van der Waals surface area (Å²) in [5.74, 6) is 0.438. The second kappa shape index (κ2) is 10.2. The molecule has 0 radical (unpaired) electrons. The van der Waals surface area contributed by atoms with Crippen molar-refractivity contribution in [2.75, 3.05) is 32.7 Å². The fourth-order valence-corrected chi connectivity index (χ4v) is 1.71. The molecule has 0 aliphatic rings. The lowest BCUT2D eigenvalue weighted by Crippen LogP contribution is -2.47. The quantitative estimate of drug-likeness (QED) is 0.540. The maximum absolute atomic E-state index is 11.7. The van der Waals surface area contributed by atoms with Crippen molar-refractivity contribution in [2.45, 2.75) is 46.8 Å². The highest BCUT2D eigenvalue weighted by Gasteiger charge is 2.15. The zero-order valence-electron chi connectivity index (χ0n) is 13.1. The van der Waals surface area contributed by atoms with E-state index < -0.39 is 6.10 Å². The van der Waals surface area contributed by atoms with Crippen molar-refractivity contribution in [1.82, 2.24) is 15.5 Å². The van der Waals surface area contributed by atoms with Gasteiger partial charge in [0.15, 0.2) is 0 Å². The molecule has 0 aromatic carbocycles. The summed E-state index contributed by atoms with van der Waals surface area (Å²) in [4.78, 5) is 13.9. The lowest BCUT2D eigenvalue weighted by Gasteiger charge is -2.23. The summed E-state index contributed by atoms with van der Waals surface area (Å²) in [5, 5.41) is 15.8. The highest BCUT2D eigenvalue weighted by atomic mass is 16.3. The van der Waals surface area contributed by atoms with Gasteiger partial charge in [0.2, 0.25) is 5.91 Å². The third kappa shape index (κ3) is 8.97. The molecule has 0 heterocycles. The van der Waals surface area contributed by atoms with Gasteiger partial charge in [0.1, 0.15) is 0 Å². The second-order valence-electron chi connectivity index (χ2n) is 5.41. The Kier molecular flexibility index (Phi) is 9.83. The molecule has 19 heavy (non-hydrogen) atoms. The average molecular weight is 273 g/mol. The summed E-state index contributed by atoms with van der Waals surface area (Å²) < 4.78 is 0. The number of amides is 1. The molecule has 0 aromatic rings. The number of carbonyl (C=O) groups is 1. The van der Waals surface area contributed by atoms with Crippen LogP contribution in [0.3, 0.4) is 0 Å². The van der Waals surface area contributed by atoms with Crippen molar-refractivity contribution in [3.05, 3.63) is 0 Å². The van der Waals surface area contributed by atoms with E-state index in [2.05, 4.69) is 43.2 Å². The zero-order valence-corrected chi connectivity index (χ0v) is 13.1. The Morgan fingerprint density at radius 3 is 2.21 bits per heavy atom. The van der Waals surface area contributed by atoms with E-state index in [0.717, 1.165) is 13.1 Å². The number of rotatable bonds is 10. The van der Waals surface area contributed by atoms with Crippen LogP contribution in [-0.4, -0.2) is 60.8 Å². The van der Waals surface area contributed by atoms with E-state index in [-0.39, 0.29) is 11.9 Å². The molecule has 0 aliphatic heterocycles. The average Bonchev–Trinajstić information content (AvgIpc) is 2.39. The number of hydrogen-bond acceptors (Lipinski definition) is 4. The first-order valence-electron chi connectivity index (χ1n) is 7.32. The first-order valence-corrected chi connectivity index (χ1v) is 7.32. The molecule has 0 saturated heterocycles. The van der Waals surface area contributed by atoms with Gasteiger partial charge in [-0.2, -0.15) is 0 Å². The first-order chi connectivity index (χ1) is 8.90. The Morgan fingerprint density at radius 2 is 1.74 bits per heavy atom. The van der Waals surface area contributed by atoms with Crippen LogP contribution in [0.5, 0.6) is 0 Å². The lowest BCUT2D eigenvalue weighted by atomic mass is 10.2. The van der Waals surface area contributed by atoms with Crippen molar-refractivity contribution >= 4 is 5.91 Å². The van der Waals surface area contributed by atoms with Gasteiger partial charge in [-0.1, -0.05) is 27.7 Å². The summed E-state index contributed by atoms with van der Waals surface area (Å²) in [6.07, 6.45) is -0.444. The molecule has 0 aromatic heterocycles. The van der Waals surface area contributed by atoms with Gasteiger partial charge in [-0.15, -0.1) is 0 Å². The van der Waals surface area contributed by atoms with Crippen molar-refractivity contribution < 1.29 is 9.90 Å². The van der Waals surface area contributed by atoms with Crippen LogP contribution in [0.1, 0.15) is 34.6 Å². The van der Waals surface area contributed by atoms with Crippen molar-refractivity contribution in [2.24, 2.45) is 5.92 Å². The summed E-state index contributed by atoms with van der Waals surface area (Å²) in [6.45, 7) is 13.7. The van der Waals surface area contributed by atoms with Gasteiger partial charge in [0.25, 0.3) is 0 Å². The molecule has 3 N–H and O–H groups in total. The van der Waals surface area contributed by atoms with Crippen LogP contribution >= 0.6 is 0 Å². The van der Waals surface area contributed by atoms with E-state index in [9.17, 15) is 9.90 Å². The van der Waals surface area contributed by atoms with Crippen LogP contribution in [-0.2, 0) is 4.79 Å². The molecule has 5 heteroatoms. The van der Waals surface area contributed by atoms with Crippen molar-refractivity contribution in [3.8, 4) is 0 Å². The first kappa shape index (κ1) is 18.4. The Labute approximate surface area is 117 Å². The van der Waals surface area contributed by atoms with E-state index in [4.69, 9.17) is 0 Å². The minimum Gasteiger partial charge on any atom is -0.390 e. The minimum atomic E-state index is -0.444. The molecule has 0 aliphatic carbocycles. The number of hydrogen-bond donors (Lipinski definition) is 3. The van der Waals surface area contributed by atoms with Crippen molar-refractivity contribution in [1.29, 1.82) is 0 Å².